The molecule has 1 aliphatic rings. The van der Waals surface area contributed by atoms with Gasteiger partial charge in [-0.05, 0) is 37.5 Å². The van der Waals surface area contributed by atoms with E-state index in [4.69, 9.17) is 0 Å². The minimum Gasteiger partial charge on any atom is -0.465 e. The van der Waals surface area contributed by atoms with Crippen molar-refractivity contribution in [2.75, 3.05) is 26.7 Å². The molecule has 2 atom stereocenters. The van der Waals surface area contributed by atoms with Crippen LogP contribution in [0.25, 0.3) is 0 Å². The van der Waals surface area contributed by atoms with Crippen LogP contribution in [0.5, 0.6) is 0 Å². The molecule has 25 heavy (non-hydrogen) atoms. The van der Waals surface area contributed by atoms with Crippen molar-refractivity contribution in [3.05, 3.63) is 35.4 Å². The summed E-state index contributed by atoms with van der Waals surface area (Å²) < 4.78 is 4.65. The first kappa shape index (κ1) is 18.9. The lowest BCUT2D eigenvalue weighted by atomic mass is 10.0. The van der Waals surface area contributed by atoms with Crippen molar-refractivity contribution in [1.82, 2.24) is 10.2 Å². The monoisotopic (exact) mass is 348 g/mol. The first-order valence-electron chi connectivity index (χ1n) is 8.39. The molecule has 0 bridgehead atoms. The maximum absolute atomic E-state index is 12.1. The molecule has 0 radical (unpaired) electrons. The van der Waals surface area contributed by atoms with Crippen LogP contribution >= 0.6 is 0 Å². The average Bonchev–Trinajstić information content (AvgIpc) is 2.93. The van der Waals surface area contributed by atoms with Gasteiger partial charge < -0.3 is 20.1 Å². The SMILES string of the molecule is CCN1CC(C(=O)NCCCc2ccc(C(=O)OC)cc2)C(O)C1=O. The topological polar surface area (TPSA) is 95.9 Å². The van der Waals surface area contributed by atoms with Crippen LogP contribution in [-0.4, -0.2) is 60.6 Å². The number of amides is 2. The van der Waals surface area contributed by atoms with Gasteiger partial charge in [-0.15, -0.1) is 0 Å². The molecule has 136 valence electrons. The highest BCUT2D eigenvalue weighted by Gasteiger charge is 2.42. The Balaban J connectivity index is 1.75. The maximum atomic E-state index is 12.1. The summed E-state index contributed by atoms with van der Waals surface area (Å²) in [6.45, 7) is 3.02. The van der Waals surface area contributed by atoms with Crippen molar-refractivity contribution in [2.45, 2.75) is 25.9 Å². The first-order valence-corrected chi connectivity index (χ1v) is 8.39. The Morgan fingerprint density at radius 1 is 1.32 bits per heavy atom. The molecule has 1 saturated heterocycles. The largest absolute Gasteiger partial charge is 0.465 e. The molecule has 0 aliphatic carbocycles. The van der Waals surface area contributed by atoms with Crippen LogP contribution in [-0.2, 0) is 20.7 Å². The molecule has 7 heteroatoms. The number of likely N-dealkylation sites (N-methyl/N-ethyl adjacent to an activating group) is 1. The lowest BCUT2D eigenvalue weighted by molar-refractivity contribution is -0.137. The number of aliphatic hydroxyl groups is 1. The molecule has 0 aromatic heterocycles. The predicted molar refractivity (Wildman–Crippen MR) is 90.9 cm³/mol. The number of nitrogens with one attached hydrogen (secondary N) is 1. The van der Waals surface area contributed by atoms with Crippen molar-refractivity contribution < 1.29 is 24.2 Å². The molecule has 2 amide bonds. The third kappa shape index (κ3) is 4.57. The van der Waals surface area contributed by atoms with Gasteiger partial charge >= 0.3 is 5.97 Å². The van der Waals surface area contributed by atoms with Crippen LogP contribution in [0.2, 0.25) is 0 Å². The van der Waals surface area contributed by atoms with Gasteiger partial charge in [0.2, 0.25) is 5.91 Å². The zero-order valence-corrected chi connectivity index (χ0v) is 14.5. The molecule has 0 spiro atoms. The van der Waals surface area contributed by atoms with Crippen molar-refractivity contribution in [3.63, 3.8) is 0 Å². The number of likely N-dealkylation sites (tertiary alicyclic amines) is 1. The van der Waals surface area contributed by atoms with E-state index in [-0.39, 0.29) is 24.3 Å². The summed E-state index contributed by atoms with van der Waals surface area (Å²) in [5, 5.41) is 12.6. The minimum atomic E-state index is -1.24. The quantitative estimate of drug-likeness (QED) is 0.548. The average molecular weight is 348 g/mol. The molecule has 1 fully saturated rings. The Morgan fingerprint density at radius 3 is 2.56 bits per heavy atom. The second-order valence-electron chi connectivity index (χ2n) is 6.01. The Bertz CT molecular complexity index is 629. The van der Waals surface area contributed by atoms with E-state index in [0.717, 1.165) is 18.4 Å². The summed E-state index contributed by atoms with van der Waals surface area (Å²) in [7, 11) is 1.34. The number of ether oxygens (including phenoxy) is 1. The molecule has 1 aliphatic heterocycles. The van der Waals surface area contributed by atoms with Crippen molar-refractivity contribution in [2.24, 2.45) is 5.92 Å². The maximum Gasteiger partial charge on any atom is 0.337 e. The number of rotatable bonds is 7. The second-order valence-corrected chi connectivity index (χ2v) is 6.01. The number of aryl methyl sites for hydroxylation is 1. The predicted octanol–water partition coefficient (Wildman–Crippen LogP) is 0.361. The summed E-state index contributed by atoms with van der Waals surface area (Å²) >= 11 is 0. The Labute approximate surface area is 147 Å². The fourth-order valence-corrected chi connectivity index (χ4v) is 2.86. The van der Waals surface area contributed by atoms with Gasteiger partial charge in [0, 0.05) is 19.6 Å². The van der Waals surface area contributed by atoms with Gasteiger partial charge in [0.25, 0.3) is 5.91 Å². The van der Waals surface area contributed by atoms with E-state index in [9.17, 15) is 19.5 Å². The summed E-state index contributed by atoms with van der Waals surface area (Å²) in [4.78, 5) is 36.7. The van der Waals surface area contributed by atoms with Gasteiger partial charge in [0.15, 0.2) is 0 Å². The third-order valence-corrected chi connectivity index (χ3v) is 4.40. The number of hydrogen-bond acceptors (Lipinski definition) is 5. The van der Waals surface area contributed by atoms with Gasteiger partial charge in [-0.2, -0.15) is 0 Å². The minimum absolute atomic E-state index is 0.261. The molecular weight excluding hydrogens is 324 g/mol. The highest BCUT2D eigenvalue weighted by molar-refractivity contribution is 5.92. The van der Waals surface area contributed by atoms with Crippen LogP contribution < -0.4 is 5.32 Å². The normalized spacial score (nSPS) is 19.8. The van der Waals surface area contributed by atoms with Crippen LogP contribution in [0.3, 0.4) is 0 Å². The molecule has 0 saturated carbocycles. The van der Waals surface area contributed by atoms with Gasteiger partial charge in [-0.1, -0.05) is 12.1 Å². The van der Waals surface area contributed by atoms with E-state index in [1.54, 1.807) is 12.1 Å². The molecule has 1 aromatic carbocycles. The lowest BCUT2D eigenvalue weighted by Crippen LogP contribution is -2.38. The highest BCUT2D eigenvalue weighted by atomic mass is 16.5. The summed E-state index contributed by atoms with van der Waals surface area (Å²) in [5.41, 5.74) is 1.55. The zero-order chi connectivity index (χ0) is 18.4. The summed E-state index contributed by atoms with van der Waals surface area (Å²) in [6.07, 6.45) is 0.220. The molecular formula is C18H24N2O5. The Kier molecular flexibility index (Phi) is 6.52. The number of methoxy groups -OCH3 is 1. The van der Waals surface area contributed by atoms with Gasteiger partial charge in [-0.3, -0.25) is 9.59 Å². The Morgan fingerprint density at radius 2 is 2.00 bits per heavy atom. The number of carbonyl (C=O) groups excluding carboxylic acids is 3. The number of aliphatic hydroxyl groups excluding tert-OH is 1. The van der Waals surface area contributed by atoms with Gasteiger partial charge in [-0.25, -0.2) is 4.79 Å². The van der Waals surface area contributed by atoms with Crippen LogP contribution in [0.15, 0.2) is 24.3 Å². The third-order valence-electron chi connectivity index (χ3n) is 4.40. The fourth-order valence-electron chi connectivity index (χ4n) is 2.86. The lowest BCUT2D eigenvalue weighted by Gasteiger charge is -2.13. The molecule has 2 rings (SSSR count). The van der Waals surface area contributed by atoms with E-state index in [1.165, 1.54) is 12.0 Å². The van der Waals surface area contributed by atoms with Crippen LogP contribution in [0.4, 0.5) is 0 Å². The van der Waals surface area contributed by atoms with Gasteiger partial charge in [0.1, 0.15) is 6.10 Å². The second kappa shape index (κ2) is 8.62. The fraction of sp³-hybridized carbons (Fsp3) is 0.500. The number of carbonyl (C=O) groups is 3. The molecule has 2 unspecified atom stereocenters. The van der Waals surface area contributed by atoms with Crippen LogP contribution in [0, 0.1) is 5.92 Å². The summed E-state index contributed by atoms with van der Waals surface area (Å²) in [5.74, 6) is -1.75. The van der Waals surface area contributed by atoms with E-state index in [0.29, 0.717) is 18.7 Å². The Hall–Kier alpha value is -2.41. The molecule has 1 heterocycles. The van der Waals surface area contributed by atoms with E-state index in [1.807, 2.05) is 19.1 Å². The van der Waals surface area contributed by atoms with Gasteiger partial charge in [0.05, 0.1) is 18.6 Å². The molecule has 2 N–H and O–H groups in total. The number of nitrogens with zero attached hydrogens (tertiary/aromatic N) is 1. The standard InChI is InChI=1S/C18H24N2O5/c1-3-20-11-14(15(21)17(20)23)16(22)19-10-4-5-12-6-8-13(9-7-12)18(24)25-2/h6-9,14-15,21H,3-5,10-11H2,1-2H3,(H,19,22). The smallest absolute Gasteiger partial charge is 0.337 e. The zero-order valence-electron chi connectivity index (χ0n) is 14.5. The van der Waals surface area contributed by atoms with E-state index >= 15 is 0 Å². The van der Waals surface area contributed by atoms with Crippen molar-refractivity contribution in [1.29, 1.82) is 0 Å². The number of hydrogen-bond donors (Lipinski definition) is 2. The molecule has 1 aromatic rings. The van der Waals surface area contributed by atoms with Crippen LogP contribution in [0.1, 0.15) is 29.3 Å². The highest BCUT2D eigenvalue weighted by Crippen LogP contribution is 2.18. The molecule has 7 nitrogen and oxygen atoms in total. The van der Waals surface area contributed by atoms with E-state index in [2.05, 4.69) is 10.1 Å². The number of benzene rings is 1. The van der Waals surface area contributed by atoms with E-state index < -0.39 is 12.0 Å². The summed E-state index contributed by atoms with van der Waals surface area (Å²) in [6, 6.07) is 7.12. The number of esters is 1. The van der Waals surface area contributed by atoms with Crippen molar-refractivity contribution in [3.8, 4) is 0 Å². The van der Waals surface area contributed by atoms with Crippen molar-refractivity contribution >= 4 is 17.8 Å². The first-order chi connectivity index (χ1) is 12.0.